The summed E-state index contributed by atoms with van der Waals surface area (Å²) < 4.78 is 23.3. The quantitative estimate of drug-likeness (QED) is 0.631. The summed E-state index contributed by atoms with van der Waals surface area (Å²) in [4.78, 5) is 5.88. The maximum absolute atomic E-state index is 11.7. The van der Waals surface area contributed by atoms with Crippen molar-refractivity contribution in [1.29, 1.82) is 0 Å². The van der Waals surface area contributed by atoms with E-state index in [0.29, 0.717) is 17.4 Å². The van der Waals surface area contributed by atoms with Gasteiger partial charge in [-0.2, -0.15) is 0 Å². The number of guanidine groups is 1. The second-order valence-corrected chi connectivity index (χ2v) is 8.66. The number of sulfone groups is 1. The molecule has 2 rings (SSSR count). The summed E-state index contributed by atoms with van der Waals surface area (Å²) in [7, 11) is -1.45. The first kappa shape index (κ1) is 18.5. The van der Waals surface area contributed by atoms with E-state index in [4.69, 9.17) is 0 Å². The van der Waals surface area contributed by atoms with Crippen molar-refractivity contribution >= 4 is 27.1 Å². The van der Waals surface area contributed by atoms with Crippen LogP contribution < -0.4 is 10.6 Å². The molecule has 24 heavy (non-hydrogen) atoms. The zero-order valence-corrected chi connectivity index (χ0v) is 16.0. The predicted octanol–water partition coefficient (Wildman–Crippen LogP) is 2.63. The standard InChI is InChI=1S/C17H23N3O2S2/c1-12-7-8-23-15(12)11-20-17(18-3)19-10-14-5-6-16(13(2)9-14)24(4,21)22/h5-9H,10-11H2,1-4H3,(H2,18,19,20). The van der Waals surface area contributed by atoms with E-state index in [2.05, 4.69) is 34.0 Å². The van der Waals surface area contributed by atoms with Gasteiger partial charge in [0.15, 0.2) is 15.8 Å². The van der Waals surface area contributed by atoms with Crippen molar-refractivity contribution in [1.82, 2.24) is 10.6 Å². The first-order valence-electron chi connectivity index (χ1n) is 7.58. The number of hydrogen-bond acceptors (Lipinski definition) is 4. The lowest BCUT2D eigenvalue weighted by atomic mass is 10.1. The molecule has 0 fully saturated rings. The van der Waals surface area contributed by atoms with E-state index >= 15 is 0 Å². The van der Waals surface area contributed by atoms with Crippen molar-refractivity contribution in [2.24, 2.45) is 4.99 Å². The number of aryl methyl sites for hydroxylation is 2. The van der Waals surface area contributed by atoms with Crippen molar-refractivity contribution in [3.05, 3.63) is 51.2 Å². The molecule has 2 aromatic rings. The van der Waals surface area contributed by atoms with Gasteiger partial charge in [0.1, 0.15) is 0 Å². The fourth-order valence-electron chi connectivity index (χ4n) is 2.39. The van der Waals surface area contributed by atoms with Crippen LogP contribution in [0.1, 0.15) is 21.6 Å². The lowest BCUT2D eigenvalue weighted by Crippen LogP contribution is -2.36. The lowest BCUT2D eigenvalue weighted by molar-refractivity contribution is 0.601. The summed E-state index contributed by atoms with van der Waals surface area (Å²) in [6.07, 6.45) is 1.23. The lowest BCUT2D eigenvalue weighted by Gasteiger charge is -2.13. The van der Waals surface area contributed by atoms with Crippen molar-refractivity contribution in [2.45, 2.75) is 31.8 Å². The van der Waals surface area contributed by atoms with Crippen molar-refractivity contribution in [2.75, 3.05) is 13.3 Å². The SMILES string of the molecule is CN=C(NCc1ccc(S(C)(=O)=O)c(C)c1)NCc1sccc1C. The number of thiophene rings is 1. The van der Waals surface area contributed by atoms with Gasteiger partial charge in [-0.15, -0.1) is 11.3 Å². The molecule has 0 aliphatic heterocycles. The van der Waals surface area contributed by atoms with Gasteiger partial charge in [-0.25, -0.2) is 8.42 Å². The molecule has 1 aromatic heterocycles. The monoisotopic (exact) mass is 365 g/mol. The maximum Gasteiger partial charge on any atom is 0.191 e. The van der Waals surface area contributed by atoms with Crippen molar-refractivity contribution in [3.63, 3.8) is 0 Å². The minimum absolute atomic E-state index is 0.377. The molecule has 0 spiro atoms. The zero-order chi connectivity index (χ0) is 17.7. The van der Waals surface area contributed by atoms with Gasteiger partial charge in [-0.3, -0.25) is 4.99 Å². The Bertz CT molecular complexity index is 839. The van der Waals surface area contributed by atoms with E-state index in [1.54, 1.807) is 24.5 Å². The molecule has 1 heterocycles. The van der Waals surface area contributed by atoms with Gasteiger partial charge in [0.2, 0.25) is 0 Å². The second-order valence-electron chi connectivity index (χ2n) is 5.68. The molecule has 0 saturated carbocycles. The number of benzene rings is 1. The van der Waals surface area contributed by atoms with Gasteiger partial charge >= 0.3 is 0 Å². The molecule has 0 bridgehead atoms. The molecule has 0 aliphatic rings. The van der Waals surface area contributed by atoms with Crippen LogP contribution in [0.3, 0.4) is 0 Å². The molecule has 2 N–H and O–H groups in total. The van der Waals surface area contributed by atoms with E-state index < -0.39 is 9.84 Å². The highest BCUT2D eigenvalue weighted by Crippen LogP contribution is 2.17. The molecule has 7 heteroatoms. The Labute approximate surface area is 147 Å². The number of nitrogens with one attached hydrogen (secondary N) is 2. The minimum Gasteiger partial charge on any atom is -0.352 e. The molecule has 0 unspecified atom stereocenters. The van der Waals surface area contributed by atoms with E-state index in [-0.39, 0.29) is 0 Å². The summed E-state index contributed by atoms with van der Waals surface area (Å²) in [6.45, 7) is 5.21. The Balaban J connectivity index is 1.96. The summed E-state index contributed by atoms with van der Waals surface area (Å²) in [5, 5.41) is 8.61. The minimum atomic E-state index is -3.18. The van der Waals surface area contributed by atoms with E-state index in [1.165, 1.54) is 16.7 Å². The Morgan fingerprint density at radius 3 is 2.38 bits per heavy atom. The van der Waals surface area contributed by atoms with Gasteiger partial charge < -0.3 is 10.6 Å². The highest BCUT2D eigenvalue weighted by atomic mass is 32.2. The Morgan fingerprint density at radius 1 is 1.12 bits per heavy atom. The van der Waals surface area contributed by atoms with Crippen molar-refractivity contribution in [3.8, 4) is 0 Å². The van der Waals surface area contributed by atoms with Crippen LogP contribution in [0.4, 0.5) is 0 Å². The molecule has 5 nitrogen and oxygen atoms in total. The highest BCUT2D eigenvalue weighted by molar-refractivity contribution is 7.90. The van der Waals surface area contributed by atoms with Gasteiger partial charge in [-0.05, 0) is 48.1 Å². The van der Waals surface area contributed by atoms with Crippen LogP contribution in [-0.4, -0.2) is 27.7 Å². The highest BCUT2D eigenvalue weighted by Gasteiger charge is 2.11. The van der Waals surface area contributed by atoms with Crippen LogP contribution in [0.15, 0.2) is 39.5 Å². The Kier molecular flexibility index (Phi) is 6.01. The first-order chi connectivity index (χ1) is 11.3. The zero-order valence-electron chi connectivity index (χ0n) is 14.4. The third-order valence-corrected chi connectivity index (χ3v) is 5.99. The number of nitrogens with zero attached hydrogens (tertiary/aromatic N) is 1. The molecule has 1 aromatic carbocycles. The van der Waals surface area contributed by atoms with Crippen LogP contribution in [0.25, 0.3) is 0 Å². The van der Waals surface area contributed by atoms with E-state index in [0.717, 1.165) is 17.7 Å². The van der Waals surface area contributed by atoms with Gasteiger partial charge in [-0.1, -0.05) is 12.1 Å². The van der Waals surface area contributed by atoms with Crippen LogP contribution in [-0.2, 0) is 22.9 Å². The fraction of sp³-hybridized carbons (Fsp3) is 0.353. The summed E-state index contributed by atoms with van der Waals surface area (Å²) in [5.41, 5.74) is 3.04. The van der Waals surface area contributed by atoms with Crippen LogP contribution in [0.2, 0.25) is 0 Å². The predicted molar refractivity (Wildman–Crippen MR) is 100 cm³/mol. The molecular weight excluding hydrogens is 342 g/mol. The third-order valence-electron chi connectivity index (χ3n) is 3.71. The average Bonchev–Trinajstić information content (AvgIpc) is 2.91. The van der Waals surface area contributed by atoms with E-state index in [9.17, 15) is 8.42 Å². The Hall–Kier alpha value is -1.86. The van der Waals surface area contributed by atoms with E-state index in [1.807, 2.05) is 19.1 Å². The number of rotatable bonds is 5. The molecule has 0 amide bonds. The largest absolute Gasteiger partial charge is 0.352 e. The van der Waals surface area contributed by atoms with Gasteiger partial charge in [0, 0.05) is 24.7 Å². The second kappa shape index (κ2) is 7.81. The number of aliphatic imine (C=N–C) groups is 1. The van der Waals surface area contributed by atoms with Crippen molar-refractivity contribution < 1.29 is 8.42 Å². The molecule has 0 radical (unpaired) electrons. The van der Waals surface area contributed by atoms with Gasteiger partial charge in [0.25, 0.3) is 0 Å². The summed E-state index contributed by atoms with van der Waals surface area (Å²) in [6, 6.07) is 7.48. The van der Waals surface area contributed by atoms with Crippen LogP contribution in [0.5, 0.6) is 0 Å². The van der Waals surface area contributed by atoms with Crippen LogP contribution >= 0.6 is 11.3 Å². The molecule has 130 valence electrons. The topological polar surface area (TPSA) is 70.6 Å². The van der Waals surface area contributed by atoms with Crippen LogP contribution in [0, 0.1) is 13.8 Å². The normalized spacial score (nSPS) is 12.2. The maximum atomic E-state index is 11.7. The third kappa shape index (κ3) is 4.82. The summed E-state index contributed by atoms with van der Waals surface area (Å²) >= 11 is 1.72. The number of hydrogen-bond donors (Lipinski definition) is 2. The molecule has 0 atom stereocenters. The molecule has 0 saturated heterocycles. The fourth-order valence-corrected chi connectivity index (χ4v) is 4.20. The smallest absolute Gasteiger partial charge is 0.191 e. The first-order valence-corrected chi connectivity index (χ1v) is 10.4. The average molecular weight is 366 g/mol. The Morgan fingerprint density at radius 2 is 1.83 bits per heavy atom. The summed E-state index contributed by atoms with van der Waals surface area (Å²) in [5.74, 6) is 0.715. The molecular formula is C17H23N3O2S2. The van der Waals surface area contributed by atoms with Gasteiger partial charge in [0.05, 0.1) is 11.4 Å². The molecule has 0 aliphatic carbocycles.